The molecule has 1 heterocycles. The molecule has 318 valence electrons. The molecule has 0 spiro atoms. The van der Waals surface area contributed by atoms with Gasteiger partial charge in [0.25, 0.3) is 11.7 Å². The van der Waals surface area contributed by atoms with Gasteiger partial charge in [-0.3, -0.25) is 19.2 Å². The molecule has 0 bridgehead atoms. The maximum atomic E-state index is 14.1. The summed E-state index contributed by atoms with van der Waals surface area (Å²) in [5.74, 6) is -1.60. The van der Waals surface area contributed by atoms with Crippen LogP contribution in [0.4, 0.5) is 0 Å². The molecule has 2 atom stereocenters. The molecule has 1 unspecified atom stereocenters. The van der Waals surface area contributed by atoms with Crippen molar-refractivity contribution in [2.45, 2.75) is 100 Å². The smallest absolute Gasteiger partial charge is 0.303 e. The number of hydrogen-bond acceptors (Lipinski definition) is 5. The van der Waals surface area contributed by atoms with Gasteiger partial charge in [-0.1, -0.05) is 171 Å². The van der Waals surface area contributed by atoms with Gasteiger partial charge < -0.3 is 15.3 Å². The number of thioether (sulfide) groups is 1. The quantitative estimate of drug-likeness (QED) is 0.0294. The Kier molecular flexibility index (Phi) is 17.4. The molecule has 5 aromatic rings. The predicted octanol–water partition coefficient (Wildman–Crippen LogP) is 11.0. The number of carboxylic acid groups (broad SMARTS) is 1. The molecule has 61 heavy (non-hydrogen) atoms. The molecule has 1 saturated heterocycles. The Labute approximate surface area is 366 Å². The SMILES string of the molecule is O=C(O)CC[C@H](CCCCCCCSC(c1ccccc1)(c1ccccc1)c1ccccc1)c1ccccc1C(=O)C(=O)N1CCCCC1C(=O)NCCCc1ccccc1. The fourth-order valence-corrected chi connectivity index (χ4v) is 10.4. The van der Waals surface area contributed by atoms with E-state index in [1.165, 1.54) is 27.2 Å². The Balaban J connectivity index is 1.04. The first-order chi connectivity index (χ1) is 29.9. The molecule has 8 heteroatoms. The number of likely N-dealkylation sites (tertiary alicyclic amines) is 1. The second-order valence-corrected chi connectivity index (χ2v) is 17.4. The Morgan fingerprint density at radius 2 is 1.21 bits per heavy atom. The van der Waals surface area contributed by atoms with Crippen LogP contribution in [0.3, 0.4) is 0 Å². The van der Waals surface area contributed by atoms with E-state index in [4.69, 9.17) is 0 Å². The average Bonchev–Trinajstić information content (AvgIpc) is 3.31. The van der Waals surface area contributed by atoms with Crippen LogP contribution in [0.5, 0.6) is 0 Å². The first-order valence-electron chi connectivity index (χ1n) is 22.2. The van der Waals surface area contributed by atoms with Crippen molar-refractivity contribution in [1.82, 2.24) is 10.2 Å². The monoisotopic (exact) mass is 836 g/mol. The molecule has 1 fully saturated rings. The fraction of sp³-hybridized carbons (Fsp3) is 0.358. The first kappa shape index (κ1) is 45.1. The van der Waals surface area contributed by atoms with E-state index in [0.717, 1.165) is 75.5 Å². The number of carboxylic acids is 1. The fourth-order valence-electron chi connectivity index (χ4n) is 8.79. The second kappa shape index (κ2) is 23.5. The van der Waals surface area contributed by atoms with Gasteiger partial charge in [0, 0.05) is 25.1 Å². The lowest BCUT2D eigenvalue weighted by Crippen LogP contribution is -2.53. The largest absolute Gasteiger partial charge is 0.481 e. The minimum atomic E-state index is -0.883. The van der Waals surface area contributed by atoms with Crippen molar-refractivity contribution in [3.05, 3.63) is 179 Å². The number of nitrogens with zero attached hydrogens (tertiary/aromatic N) is 1. The van der Waals surface area contributed by atoms with E-state index in [1.54, 1.807) is 12.1 Å². The summed E-state index contributed by atoms with van der Waals surface area (Å²) in [5.41, 5.74) is 6.02. The van der Waals surface area contributed by atoms with Gasteiger partial charge in [-0.05, 0) is 90.9 Å². The number of rotatable bonds is 23. The van der Waals surface area contributed by atoms with Gasteiger partial charge in [0.05, 0.1) is 4.75 Å². The van der Waals surface area contributed by atoms with E-state index in [-0.39, 0.29) is 23.0 Å². The predicted molar refractivity (Wildman–Crippen MR) is 247 cm³/mol. The van der Waals surface area contributed by atoms with Crippen molar-refractivity contribution >= 4 is 35.3 Å². The number of carbonyl (C=O) groups excluding carboxylic acids is 3. The number of nitrogens with one attached hydrogen (secondary N) is 1. The molecule has 0 radical (unpaired) electrons. The van der Waals surface area contributed by atoms with Crippen LogP contribution in [0, 0.1) is 0 Å². The maximum absolute atomic E-state index is 14.1. The van der Waals surface area contributed by atoms with Crippen LogP contribution >= 0.6 is 11.8 Å². The highest BCUT2D eigenvalue weighted by Crippen LogP contribution is 2.48. The Hall–Kier alpha value is -5.47. The van der Waals surface area contributed by atoms with Gasteiger partial charge in [0.2, 0.25) is 5.91 Å². The van der Waals surface area contributed by atoms with Crippen LogP contribution in [0.2, 0.25) is 0 Å². The third-order valence-corrected chi connectivity index (χ3v) is 13.6. The average molecular weight is 837 g/mol. The van der Waals surface area contributed by atoms with E-state index in [9.17, 15) is 24.3 Å². The molecule has 0 saturated carbocycles. The van der Waals surface area contributed by atoms with Crippen LogP contribution in [0.25, 0.3) is 0 Å². The molecule has 7 nitrogen and oxygen atoms in total. The van der Waals surface area contributed by atoms with Gasteiger partial charge in [0.1, 0.15) is 6.04 Å². The number of amides is 2. The standard InChI is InChI=1S/C53H60N2O5S/c56-49(57)37-36-42(26-10-2-1-3-21-40-61-53(43-27-11-5-12-28-43,44-29-13-6-14-30-44)45-31-15-7-16-32-45)46-33-17-18-34-47(46)50(58)52(60)55-39-20-19-35-48(55)51(59)54-38-22-25-41-23-8-4-9-24-41/h4-9,11-18,23-24,27-34,42,48H,1-3,10,19-22,25-26,35-40H2,(H,54,59)(H,56,57)/t42-,48?/m0/s1. The topological polar surface area (TPSA) is 104 Å². The summed E-state index contributed by atoms with van der Waals surface area (Å²) in [6.45, 7) is 0.840. The molecule has 0 aliphatic carbocycles. The third-order valence-electron chi connectivity index (χ3n) is 12.0. The molecule has 2 amide bonds. The number of aryl methyl sites for hydroxylation is 1. The zero-order chi connectivity index (χ0) is 42.7. The van der Waals surface area contributed by atoms with Crippen LogP contribution in [0.1, 0.15) is 121 Å². The van der Waals surface area contributed by atoms with Gasteiger partial charge in [-0.2, -0.15) is 0 Å². The van der Waals surface area contributed by atoms with Crippen molar-refractivity contribution in [2.75, 3.05) is 18.8 Å². The number of carbonyl (C=O) groups is 4. The van der Waals surface area contributed by atoms with Crippen LogP contribution in [-0.4, -0.2) is 58.5 Å². The lowest BCUT2D eigenvalue weighted by atomic mass is 9.84. The summed E-state index contributed by atoms with van der Waals surface area (Å²) < 4.78 is -0.336. The molecule has 2 N–H and O–H groups in total. The van der Waals surface area contributed by atoms with E-state index < -0.39 is 23.7 Å². The molecule has 6 rings (SSSR count). The van der Waals surface area contributed by atoms with Gasteiger partial charge in [0.15, 0.2) is 0 Å². The second-order valence-electron chi connectivity index (χ2n) is 16.1. The normalized spacial score (nSPS) is 14.6. The van der Waals surface area contributed by atoms with E-state index >= 15 is 0 Å². The summed E-state index contributed by atoms with van der Waals surface area (Å²) in [5, 5.41) is 12.7. The minimum absolute atomic E-state index is 0.0248. The molecule has 1 aliphatic rings. The Morgan fingerprint density at radius 1 is 0.656 bits per heavy atom. The van der Waals surface area contributed by atoms with E-state index in [0.29, 0.717) is 31.5 Å². The Bertz CT molecular complexity index is 2030. The van der Waals surface area contributed by atoms with Crippen LogP contribution in [0.15, 0.2) is 146 Å². The molecule has 0 aromatic heterocycles. The summed E-state index contributed by atoms with van der Waals surface area (Å²) in [7, 11) is 0. The molecule has 1 aliphatic heterocycles. The number of piperidine rings is 1. The summed E-state index contributed by atoms with van der Waals surface area (Å²) in [4.78, 5) is 54.7. The van der Waals surface area contributed by atoms with Crippen molar-refractivity contribution < 1.29 is 24.3 Å². The number of Topliss-reactive ketones (excluding diaryl/α,β-unsaturated/α-hetero) is 1. The number of ketones is 1. The highest BCUT2D eigenvalue weighted by Gasteiger charge is 2.38. The van der Waals surface area contributed by atoms with Crippen molar-refractivity contribution in [3.63, 3.8) is 0 Å². The highest BCUT2D eigenvalue weighted by atomic mass is 32.2. The Morgan fingerprint density at radius 3 is 1.84 bits per heavy atom. The number of benzene rings is 5. The van der Waals surface area contributed by atoms with E-state index in [1.807, 2.05) is 42.1 Å². The number of aliphatic carboxylic acids is 1. The summed E-state index contributed by atoms with van der Waals surface area (Å²) in [6, 6.07) is 48.9. The zero-order valence-electron chi connectivity index (χ0n) is 35.3. The third kappa shape index (κ3) is 12.3. The number of hydrogen-bond donors (Lipinski definition) is 2. The molecular weight excluding hydrogens is 777 g/mol. The highest BCUT2D eigenvalue weighted by molar-refractivity contribution is 8.00. The van der Waals surface area contributed by atoms with Crippen molar-refractivity contribution in [2.24, 2.45) is 0 Å². The first-order valence-corrected chi connectivity index (χ1v) is 23.1. The van der Waals surface area contributed by atoms with Crippen molar-refractivity contribution in [1.29, 1.82) is 0 Å². The lowest BCUT2D eigenvalue weighted by molar-refractivity contribution is -0.138. The molecule has 5 aromatic carbocycles. The lowest BCUT2D eigenvalue weighted by Gasteiger charge is -2.35. The summed E-state index contributed by atoms with van der Waals surface area (Å²) in [6.07, 6.45) is 9.79. The minimum Gasteiger partial charge on any atom is -0.481 e. The van der Waals surface area contributed by atoms with Crippen LogP contribution < -0.4 is 5.32 Å². The molecular formula is C53H60N2O5S. The maximum Gasteiger partial charge on any atom is 0.303 e. The van der Waals surface area contributed by atoms with Crippen LogP contribution in [-0.2, 0) is 25.6 Å². The zero-order valence-corrected chi connectivity index (χ0v) is 36.1. The van der Waals surface area contributed by atoms with Crippen molar-refractivity contribution in [3.8, 4) is 0 Å². The van der Waals surface area contributed by atoms with Gasteiger partial charge >= 0.3 is 5.97 Å². The number of unbranched alkanes of at least 4 members (excludes halogenated alkanes) is 4. The van der Waals surface area contributed by atoms with E-state index in [2.05, 4.69) is 108 Å². The summed E-state index contributed by atoms with van der Waals surface area (Å²) >= 11 is 1.98. The van der Waals surface area contributed by atoms with Gasteiger partial charge in [-0.15, -0.1) is 11.8 Å². The van der Waals surface area contributed by atoms with Gasteiger partial charge in [-0.25, -0.2) is 0 Å².